The highest BCUT2D eigenvalue weighted by atomic mass is 28.3. The molecular weight excluding hydrogens is 423 g/mol. The molecule has 1 fully saturated rings. The third-order valence-corrected chi connectivity index (χ3v) is 27.8. The molecule has 0 aromatic rings. The summed E-state index contributed by atoms with van der Waals surface area (Å²) in [6, 6.07) is 0. The fourth-order valence-corrected chi connectivity index (χ4v) is 19.6. The molecule has 29 heavy (non-hydrogen) atoms. The second kappa shape index (κ2) is 8.02. The van der Waals surface area contributed by atoms with E-state index in [2.05, 4.69) is 107 Å². The maximum atomic E-state index is 9.75. The van der Waals surface area contributed by atoms with Gasteiger partial charge in [0.2, 0.25) is 0 Å². The number of rotatable bonds is 3. The lowest BCUT2D eigenvalue weighted by molar-refractivity contribution is 0.368. The van der Waals surface area contributed by atoms with E-state index in [9.17, 15) is 17.3 Å². The minimum atomic E-state index is -6.00. The maximum Gasteiger partial charge on any atom is 0.673 e. The van der Waals surface area contributed by atoms with Crippen LogP contribution in [0.4, 0.5) is 17.3 Å². The fraction of sp³-hybridized carbons (Fsp3) is 0.952. The van der Waals surface area contributed by atoms with Crippen LogP contribution in [0.5, 0.6) is 0 Å². The summed E-state index contributed by atoms with van der Waals surface area (Å²) in [5.41, 5.74) is 4.03. The Morgan fingerprint density at radius 2 is 0.759 bits per heavy atom. The standard InChI is InChI=1S/C21H47Si3.BF4/c1-19(2,3)22(10,11)16-17(23(12,13)20(4,5)6)18(16)24(14,15)21(7,8)9;2-1(3,4)5/h16-17H,1-15H3;/q+1;-1. The van der Waals surface area contributed by atoms with Gasteiger partial charge in [0.25, 0.3) is 8.07 Å². The monoisotopic (exact) mass is 470 g/mol. The lowest BCUT2D eigenvalue weighted by Gasteiger charge is -2.38. The summed E-state index contributed by atoms with van der Waals surface area (Å²) in [7, 11) is -10.1. The van der Waals surface area contributed by atoms with Gasteiger partial charge in [-0.2, -0.15) is 0 Å². The lowest BCUT2D eigenvalue weighted by Crippen LogP contribution is -2.44. The third kappa shape index (κ3) is 6.40. The highest BCUT2D eigenvalue weighted by Crippen LogP contribution is 2.78. The van der Waals surface area contributed by atoms with Crippen molar-refractivity contribution in [1.82, 2.24) is 0 Å². The first kappa shape index (κ1) is 29.3. The minimum absolute atomic E-state index is 0.472. The predicted molar refractivity (Wildman–Crippen MR) is 133 cm³/mol. The predicted octanol–water partition coefficient (Wildman–Crippen LogP) is 9.68. The van der Waals surface area contributed by atoms with E-state index in [1.165, 1.54) is 0 Å². The zero-order valence-corrected chi connectivity index (χ0v) is 24.7. The average Bonchev–Trinajstić information content (AvgIpc) is 3.08. The first-order valence-electron chi connectivity index (χ1n) is 10.9. The first-order chi connectivity index (χ1) is 12.1. The van der Waals surface area contributed by atoms with Crippen molar-refractivity contribution in [2.45, 2.75) is 128 Å². The van der Waals surface area contributed by atoms with Gasteiger partial charge in [-0.25, -0.2) is 0 Å². The van der Waals surface area contributed by atoms with Crippen LogP contribution in [0.2, 0.25) is 65.5 Å². The number of halogens is 4. The lowest BCUT2D eigenvalue weighted by atomic mass is 10.2. The quantitative estimate of drug-likeness (QED) is 0.219. The molecule has 0 aliphatic heterocycles. The van der Waals surface area contributed by atoms with E-state index in [1.807, 2.05) is 0 Å². The Morgan fingerprint density at radius 1 is 0.552 bits per heavy atom. The first-order valence-corrected chi connectivity index (χ1v) is 20.0. The van der Waals surface area contributed by atoms with Gasteiger partial charge >= 0.3 is 7.25 Å². The van der Waals surface area contributed by atoms with E-state index < -0.39 is 31.5 Å². The summed E-state index contributed by atoms with van der Waals surface area (Å²) in [4.78, 5) is 0. The van der Waals surface area contributed by atoms with Crippen molar-refractivity contribution in [3.63, 3.8) is 0 Å². The van der Waals surface area contributed by atoms with Gasteiger partial charge in [-0.05, 0) is 28.2 Å². The second-order valence-corrected chi connectivity index (χ2v) is 30.2. The zero-order chi connectivity index (χ0) is 24.2. The van der Waals surface area contributed by atoms with Gasteiger partial charge in [0.15, 0.2) is 0 Å². The normalized spacial score (nSPS) is 22.2. The SMILES string of the molecule is CC(C)(C)[Si](C)(C)[C+]1C([Si](C)(C)C(C)(C)C)C1[Si](C)(C)C(C)(C)C.F[B-](F)(F)F. The van der Waals surface area contributed by atoms with Crippen LogP contribution in [-0.2, 0) is 0 Å². The summed E-state index contributed by atoms with van der Waals surface area (Å²) in [6.45, 7) is 38.8. The van der Waals surface area contributed by atoms with E-state index in [4.69, 9.17) is 0 Å². The van der Waals surface area contributed by atoms with E-state index in [0.717, 1.165) is 11.1 Å². The summed E-state index contributed by atoms with van der Waals surface area (Å²) in [5.74, 6) is 0. The second-order valence-electron chi connectivity index (χ2n) is 13.7. The van der Waals surface area contributed by atoms with Crippen LogP contribution < -0.4 is 0 Å². The van der Waals surface area contributed by atoms with Crippen molar-refractivity contribution in [3.8, 4) is 0 Å². The van der Waals surface area contributed by atoms with E-state index in [-0.39, 0.29) is 0 Å². The molecule has 1 rings (SSSR count). The van der Waals surface area contributed by atoms with Crippen LogP contribution in [-0.4, -0.2) is 31.5 Å². The van der Waals surface area contributed by atoms with Crippen molar-refractivity contribution in [1.29, 1.82) is 0 Å². The molecule has 1 saturated carbocycles. The number of hydrogen-bond donors (Lipinski definition) is 0. The molecule has 2 atom stereocenters. The van der Waals surface area contributed by atoms with E-state index >= 15 is 0 Å². The van der Waals surface area contributed by atoms with Gasteiger partial charge in [0, 0.05) is 5.54 Å². The summed E-state index contributed by atoms with van der Waals surface area (Å²) >= 11 is 0. The van der Waals surface area contributed by atoms with Gasteiger partial charge in [0.1, 0.15) is 27.2 Å². The van der Waals surface area contributed by atoms with E-state index in [0.29, 0.717) is 15.1 Å². The van der Waals surface area contributed by atoms with Gasteiger partial charge in [-0.1, -0.05) is 88.5 Å². The molecule has 0 nitrogen and oxygen atoms in total. The van der Waals surface area contributed by atoms with Gasteiger partial charge in [-0.3, -0.25) is 0 Å². The smallest absolute Gasteiger partial charge is 0.418 e. The topological polar surface area (TPSA) is 0 Å². The molecule has 174 valence electrons. The molecule has 0 amide bonds. The van der Waals surface area contributed by atoms with Crippen molar-refractivity contribution >= 4 is 31.5 Å². The molecule has 0 bridgehead atoms. The highest BCUT2D eigenvalue weighted by Gasteiger charge is 2.82. The molecule has 0 heterocycles. The Morgan fingerprint density at radius 3 is 0.897 bits per heavy atom. The molecule has 0 N–H and O–H groups in total. The largest absolute Gasteiger partial charge is 0.673 e. The Balaban J connectivity index is 0.00000139. The van der Waals surface area contributed by atoms with Crippen molar-refractivity contribution in [2.75, 3.05) is 0 Å². The molecule has 0 radical (unpaired) electrons. The average molecular weight is 471 g/mol. The van der Waals surface area contributed by atoms with Crippen molar-refractivity contribution in [3.05, 3.63) is 5.54 Å². The van der Waals surface area contributed by atoms with Crippen LogP contribution in [0.3, 0.4) is 0 Å². The fourth-order valence-electron chi connectivity index (χ4n) is 4.02. The third-order valence-electron chi connectivity index (χ3n) is 8.91. The highest BCUT2D eigenvalue weighted by molar-refractivity contribution is 6.99. The van der Waals surface area contributed by atoms with Crippen LogP contribution >= 0.6 is 0 Å². The van der Waals surface area contributed by atoms with Crippen LogP contribution in [0.15, 0.2) is 0 Å². The molecular formula is C21H47BF4Si3. The summed E-state index contributed by atoms with van der Waals surface area (Å²) in [6.07, 6.45) is 0. The van der Waals surface area contributed by atoms with Gasteiger partial charge in [-0.15, -0.1) is 0 Å². The zero-order valence-electron chi connectivity index (χ0n) is 21.7. The molecule has 0 saturated heterocycles. The Kier molecular flexibility index (Phi) is 8.10. The Hall–Kier alpha value is 0.306. The molecule has 0 spiro atoms. The van der Waals surface area contributed by atoms with Gasteiger partial charge in [0.05, 0.1) is 0 Å². The van der Waals surface area contributed by atoms with Crippen LogP contribution in [0.1, 0.15) is 62.3 Å². The molecule has 2 unspecified atom stereocenters. The van der Waals surface area contributed by atoms with Crippen molar-refractivity contribution < 1.29 is 17.3 Å². The Bertz CT molecular complexity index is 481. The van der Waals surface area contributed by atoms with Crippen LogP contribution in [0.25, 0.3) is 0 Å². The van der Waals surface area contributed by atoms with Gasteiger partial charge < -0.3 is 17.3 Å². The summed E-state index contributed by atoms with van der Waals surface area (Å²) in [5, 5.41) is 1.45. The Labute approximate surface area is 182 Å². The van der Waals surface area contributed by atoms with E-state index in [1.54, 1.807) is 0 Å². The molecule has 8 heteroatoms. The molecule has 1 aliphatic rings. The van der Waals surface area contributed by atoms with Crippen molar-refractivity contribution in [2.24, 2.45) is 0 Å². The molecule has 0 aromatic heterocycles. The summed E-state index contributed by atoms with van der Waals surface area (Å²) < 4.78 is 39.0. The molecule has 1 aliphatic carbocycles. The van der Waals surface area contributed by atoms with Crippen LogP contribution in [0, 0.1) is 5.54 Å². The molecule has 0 aromatic carbocycles. The number of hydrogen-bond acceptors (Lipinski definition) is 0. The minimum Gasteiger partial charge on any atom is -0.418 e. The maximum absolute atomic E-state index is 9.75.